The Kier molecular flexibility index (Phi) is 3.77. The number of aryl methyl sites for hydroxylation is 1. The Morgan fingerprint density at radius 2 is 2.18 bits per heavy atom. The van der Waals surface area contributed by atoms with E-state index in [1.807, 2.05) is 0 Å². The van der Waals surface area contributed by atoms with Crippen molar-refractivity contribution in [3.63, 3.8) is 0 Å². The van der Waals surface area contributed by atoms with Crippen LogP contribution in [0.25, 0.3) is 0 Å². The molecule has 1 aliphatic rings. The van der Waals surface area contributed by atoms with Gasteiger partial charge >= 0.3 is 6.18 Å². The van der Waals surface area contributed by atoms with Crippen molar-refractivity contribution in [2.75, 3.05) is 6.54 Å². The topological polar surface area (TPSA) is 59.8 Å². The molecular weight excluding hydrogens is 317 g/mol. The molecular formula is C13H13F3N4OS. The maximum Gasteiger partial charge on any atom is 0.435 e. The van der Waals surface area contributed by atoms with Gasteiger partial charge in [0.15, 0.2) is 5.69 Å². The van der Waals surface area contributed by atoms with E-state index in [4.69, 9.17) is 0 Å². The molecule has 5 nitrogen and oxygen atoms in total. The molecule has 1 N–H and O–H groups in total. The molecule has 9 heteroatoms. The molecule has 0 amide bonds. The second-order valence-corrected chi connectivity index (χ2v) is 6.36. The van der Waals surface area contributed by atoms with Gasteiger partial charge in [-0.25, -0.2) is 9.67 Å². The fourth-order valence-corrected chi connectivity index (χ4v) is 3.27. The smallest absolute Gasteiger partial charge is 0.312 e. The van der Waals surface area contributed by atoms with Gasteiger partial charge in [-0.2, -0.15) is 18.3 Å². The van der Waals surface area contributed by atoms with Crippen molar-refractivity contribution in [1.29, 1.82) is 0 Å². The monoisotopic (exact) mass is 330 g/mol. The minimum absolute atomic E-state index is 0.00806. The number of nitrogens with zero attached hydrogens (tertiary/aromatic N) is 3. The highest BCUT2D eigenvalue weighted by Crippen LogP contribution is 2.31. The first-order valence-electron chi connectivity index (χ1n) is 6.68. The molecule has 0 unspecified atom stereocenters. The van der Waals surface area contributed by atoms with E-state index in [2.05, 4.69) is 15.4 Å². The minimum Gasteiger partial charge on any atom is -0.312 e. The molecule has 0 aromatic carbocycles. The first kappa shape index (κ1) is 15.2. The van der Waals surface area contributed by atoms with Crippen LogP contribution in [0.1, 0.15) is 26.7 Å². The van der Waals surface area contributed by atoms with Gasteiger partial charge in [0.25, 0.3) is 5.56 Å². The lowest BCUT2D eigenvalue weighted by atomic mass is 10.0. The quantitative estimate of drug-likeness (QED) is 0.911. The third-order valence-corrected chi connectivity index (χ3v) is 4.36. The van der Waals surface area contributed by atoms with Gasteiger partial charge in [0, 0.05) is 28.7 Å². The number of nitrogens with one attached hydrogen (secondary N) is 1. The van der Waals surface area contributed by atoms with E-state index in [0.29, 0.717) is 11.4 Å². The molecule has 0 aliphatic carbocycles. The highest BCUT2D eigenvalue weighted by Gasteiger charge is 2.38. The van der Waals surface area contributed by atoms with Crippen LogP contribution in [0, 0.1) is 6.92 Å². The number of hydrogen-bond donors (Lipinski definition) is 1. The van der Waals surface area contributed by atoms with E-state index < -0.39 is 17.4 Å². The van der Waals surface area contributed by atoms with E-state index in [1.54, 1.807) is 13.1 Å². The molecule has 0 saturated carbocycles. The van der Waals surface area contributed by atoms with E-state index in [0.717, 1.165) is 9.69 Å². The predicted molar refractivity (Wildman–Crippen MR) is 74.9 cm³/mol. The third kappa shape index (κ3) is 2.78. The maximum atomic E-state index is 13.2. The summed E-state index contributed by atoms with van der Waals surface area (Å²) in [5.41, 5.74) is -1.24. The van der Waals surface area contributed by atoms with Gasteiger partial charge in [-0.15, -0.1) is 11.3 Å². The van der Waals surface area contributed by atoms with Crippen LogP contribution in [0.3, 0.4) is 0 Å². The summed E-state index contributed by atoms with van der Waals surface area (Å²) in [6.07, 6.45) is -2.74. The first-order valence-corrected chi connectivity index (χ1v) is 7.50. The second-order valence-electron chi connectivity index (χ2n) is 5.04. The Bertz CT molecular complexity index is 766. The van der Waals surface area contributed by atoms with Gasteiger partial charge in [0.2, 0.25) is 0 Å². The van der Waals surface area contributed by atoms with Gasteiger partial charge in [-0.3, -0.25) is 4.79 Å². The summed E-state index contributed by atoms with van der Waals surface area (Å²) in [6, 6.07) is 0. The van der Waals surface area contributed by atoms with Crippen LogP contribution in [0.15, 0.2) is 11.0 Å². The number of fused-ring (bicyclic) bond motifs is 1. The Labute approximate surface area is 127 Å². The highest BCUT2D eigenvalue weighted by atomic mass is 32.1. The van der Waals surface area contributed by atoms with E-state index in [-0.39, 0.29) is 30.6 Å². The molecule has 3 rings (SSSR count). The minimum atomic E-state index is -4.58. The molecule has 0 fully saturated rings. The number of alkyl halides is 3. The van der Waals surface area contributed by atoms with E-state index in [9.17, 15) is 18.0 Å². The molecule has 22 heavy (non-hydrogen) atoms. The van der Waals surface area contributed by atoms with E-state index in [1.165, 1.54) is 11.3 Å². The Morgan fingerprint density at radius 3 is 2.82 bits per heavy atom. The Balaban J connectivity index is 2.12. The third-order valence-electron chi connectivity index (χ3n) is 3.46. The zero-order valence-electron chi connectivity index (χ0n) is 11.7. The lowest BCUT2D eigenvalue weighted by Gasteiger charge is -2.21. The summed E-state index contributed by atoms with van der Waals surface area (Å²) in [6.45, 7) is 2.31. The number of halogens is 3. The molecule has 0 saturated heterocycles. The largest absolute Gasteiger partial charge is 0.435 e. The molecule has 0 radical (unpaired) electrons. The van der Waals surface area contributed by atoms with Gasteiger partial charge in [0.05, 0.1) is 11.6 Å². The average molecular weight is 330 g/mol. The number of hydrogen-bond acceptors (Lipinski definition) is 5. The normalized spacial score (nSPS) is 14.9. The van der Waals surface area contributed by atoms with Crippen molar-refractivity contribution in [2.45, 2.75) is 32.6 Å². The number of aromatic nitrogens is 3. The van der Waals surface area contributed by atoms with Crippen molar-refractivity contribution in [1.82, 2.24) is 20.1 Å². The maximum absolute atomic E-state index is 13.2. The molecule has 0 atom stereocenters. The summed E-state index contributed by atoms with van der Waals surface area (Å²) in [4.78, 5) is 17.1. The SMILES string of the molecule is Cc1ncc(Cn2nc(C(F)(F)F)c3c(c2=O)CCNC3)s1. The summed E-state index contributed by atoms with van der Waals surface area (Å²) < 4.78 is 40.5. The zero-order valence-corrected chi connectivity index (χ0v) is 12.5. The zero-order chi connectivity index (χ0) is 15.9. The predicted octanol–water partition coefficient (Wildman–Crippen LogP) is 1.72. The summed E-state index contributed by atoms with van der Waals surface area (Å²) in [5.74, 6) is 0. The van der Waals surface area contributed by atoms with Crippen molar-refractivity contribution in [2.24, 2.45) is 0 Å². The second kappa shape index (κ2) is 5.47. The molecule has 0 bridgehead atoms. The number of thiazole rings is 1. The average Bonchev–Trinajstić information content (AvgIpc) is 2.86. The summed E-state index contributed by atoms with van der Waals surface area (Å²) >= 11 is 1.34. The van der Waals surface area contributed by atoms with Crippen LogP contribution >= 0.6 is 11.3 Å². The van der Waals surface area contributed by atoms with Crippen LogP contribution in [0.2, 0.25) is 0 Å². The van der Waals surface area contributed by atoms with Gasteiger partial charge in [-0.05, 0) is 19.9 Å². The highest BCUT2D eigenvalue weighted by molar-refractivity contribution is 7.11. The van der Waals surface area contributed by atoms with Gasteiger partial charge in [-0.1, -0.05) is 0 Å². The fourth-order valence-electron chi connectivity index (χ4n) is 2.49. The molecule has 118 valence electrons. The lowest BCUT2D eigenvalue weighted by molar-refractivity contribution is -0.143. The lowest BCUT2D eigenvalue weighted by Crippen LogP contribution is -2.38. The summed E-state index contributed by atoms with van der Waals surface area (Å²) in [7, 11) is 0. The van der Waals surface area contributed by atoms with Gasteiger partial charge in [0.1, 0.15) is 0 Å². The van der Waals surface area contributed by atoms with Crippen molar-refractivity contribution in [3.05, 3.63) is 43.3 Å². The molecule has 3 heterocycles. The van der Waals surface area contributed by atoms with Crippen LogP contribution in [0.4, 0.5) is 13.2 Å². The van der Waals surface area contributed by atoms with Crippen molar-refractivity contribution >= 4 is 11.3 Å². The van der Waals surface area contributed by atoms with Crippen LogP contribution in [-0.4, -0.2) is 21.3 Å². The number of rotatable bonds is 2. The fraction of sp³-hybridized carbons (Fsp3) is 0.462. The van der Waals surface area contributed by atoms with Gasteiger partial charge < -0.3 is 5.32 Å². The molecule has 2 aromatic heterocycles. The molecule has 2 aromatic rings. The standard InChI is InChI=1S/C13H13F3N4OS/c1-7-18-4-8(22-7)6-20-12(21)9-2-3-17-5-10(9)11(19-20)13(14,15)16/h4,17H,2-3,5-6H2,1H3. The molecule has 1 aliphatic heterocycles. The Hall–Kier alpha value is -1.74. The van der Waals surface area contributed by atoms with Crippen LogP contribution < -0.4 is 10.9 Å². The summed E-state index contributed by atoms with van der Waals surface area (Å²) in [5, 5.41) is 7.23. The Morgan fingerprint density at radius 1 is 1.41 bits per heavy atom. The first-order chi connectivity index (χ1) is 10.4. The van der Waals surface area contributed by atoms with Crippen molar-refractivity contribution < 1.29 is 13.2 Å². The van der Waals surface area contributed by atoms with Crippen molar-refractivity contribution in [3.8, 4) is 0 Å². The van der Waals surface area contributed by atoms with Crippen LogP contribution in [-0.2, 0) is 25.7 Å². The van der Waals surface area contributed by atoms with Crippen LogP contribution in [0.5, 0.6) is 0 Å². The molecule has 0 spiro atoms. The van der Waals surface area contributed by atoms with E-state index >= 15 is 0 Å².